The van der Waals surface area contributed by atoms with E-state index in [1.54, 1.807) is 0 Å². The van der Waals surface area contributed by atoms with E-state index in [1.165, 1.54) is 11.1 Å². The maximum absolute atomic E-state index is 6.55. The quantitative estimate of drug-likeness (QED) is 0.151. The number of anilines is 6. The van der Waals surface area contributed by atoms with Crippen molar-refractivity contribution in [1.29, 1.82) is 0 Å². The van der Waals surface area contributed by atoms with E-state index >= 15 is 0 Å². The van der Waals surface area contributed by atoms with E-state index in [0.29, 0.717) is 11.5 Å². The van der Waals surface area contributed by atoms with Crippen LogP contribution in [0.2, 0.25) is 0 Å². The second kappa shape index (κ2) is 11.9. The van der Waals surface area contributed by atoms with Gasteiger partial charge in [-0.2, -0.15) is 0 Å². The van der Waals surface area contributed by atoms with Gasteiger partial charge in [0.05, 0.1) is 0 Å². The summed E-state index contributed by atoms with van der Waals surface area (Å²) in [5.74, 6) is 7.34. The van der Waals surface area contributed by atoms with Gasteiger partial charge < -0.3 is 24.0 Å². The Labute approximate surface area is 298 Å². The molecule has 0 bridgehead atoms. The molecule has 2 aromatic carbocycles. The molecular weight excluding hydrogens is 773 g/mol. The van der Waals surface area contributed by atoms with Gasteiger partial charge in [0.2, 0.25) is 0 Å². The Morgan fingerprint density at radius 2 is 1.04 bits per heavy atom. The summed E-state index contributed by atoms with van der Waals surface area (Å²) < 4.78 is 6.55. The number of fused-ring (bicyclic) bond motifs is 6. The van der Waals surface area contributed by atoms with Gasteiger partial charge in [0, 0.05) is 23.9 Å². The van der Waals surface area contributed by atoms with Gasteiger partial charge in [-0.05, 0) is 70.8 Å². The molecule has 0 aliphatic carbocycles. The molecule has 48 heavy (non-hydrogen) atoms. The molecule has 7 nitrogen and oxygen atoms in total. The van der Waals surface area contributed by atoms with Crippen molar-refractivity contribution < 1.29 is 25.8 Å². The third-order valence-electron chi connectivity index (χ3n) is 9.11. The van der Waals surface area contributed by atoms with Crippen LogP contribution in [0.15, 0.2) is 110 Å². The van der Waals surface area contributed by atoms with Crippen molar-refractivity contribution in [3.05, 3.63) is 133 Å². The predicted octanol–water partition coefficient (Wildman–Crippen LogP) is 8.60. The van der Waals surface area contributed by atoms with E-state index in [1.807, 2.05) is 24.5 Å². The molecule has 10 heteroatoms. The summed E-state index contributed by atoms with van der Waals surface area (Å²) >= 11 is 0. The second-order valence-electron chi connectivity index (χ2n) is 14.4. The SMILES string of the molecule is CC(C)(C)c1ccnc(N2B3C=CC=CN3c3ccc(Oc4[c-]c5c(cc4)N4C=CC=CB4N5c4cc(C(C)(C)C)ccn4)[c-]c32)c1.[Pt+2]. The molecule has 4 aliphatic rings. The average Bonchev–Trinajstić information content (AvgIpc) is 3.56. The number of ether oxygens (including phenoxy) is 1. The van der Waals surface area contributed by atoms with Gasteiger partial charge in [0.15, 0.2) is 0 Å². The van der Waals surface area contributed by atoms with Crippen LogP contribution >= 0.6 is 0 Å². The van der Waals surface area contributed by atoms with Gasteiger partial charge in [0.1, 0.15) is 11.6 Å². The first-order chi connectivity index (χ1) is 22.6. The smallest absolute Gasteiger partial charge is 0.509 e. The zero-order valence-corrected chi connectivity index (χ0v) is 30.2. The number of nitrogens with zero attached hydrogens (tertiary/aromatic N) is 6. The number of pyridine rings is 2. The number of hydrogen-bond acceptors (Lipinski definition) is 7. The van der Waals surface area contributed by atoms with Crippen LogP contribution in [0.3, 0.4) is 0 Å². The summed E-state index contributed by atoms with van der Waals surface area (Å²) in [4.78, 5) is 18.6. The van der Waals surface area contributed by atoms with Gasteiger partial charge in [-0.15, -0.1) is 36.4 Å². The minimum absolute atomic E-state index is 0. The van der Waals surface area contributed by atoms with Gasteiger partial charge in [-0.3, -0.25) is 0 Å². The Hall–Kier alpha value is -4.48. The maximum atomic E-state index is 6.55. The van der Waals surface area contributed by atoms with E-state index in [-0.39, 0.29) is 45.9 Å². The van der Waals surface area contributed by atoms with Gasteiger partial charge in [0.25, 0.3) is 0 Å². The van der Waals surface area contributed by atoms with Crippen LogP contribution in [0, 0.1) is 12.1 Å². The van der Waals surface area contributed by atoms with E-state index in [9.17, 15) is 0 Å². The summed E-state index contributed by atoms with van der Waals surface area (Å²) in [7, 11) is 0. The first-order valence-electron chi connectivity index (χ1n) is 16.1. The molecule has 0 saturated carbocycles. The van der Waals surface area contributed by atoms with Crippen LogP contribution in [0.1, 0.15) is 52.7 Å². The van der Waals surface area contributed by atoms with Crippen molar-refractivity contribution in [2.24, 2.45) is 0 Å². The molecule has 0 amide bonds. The van der Waals surface area contributed by atoms with E-state index in [2.05, 4.69) is 158 Å². The van der Waals surface area contributed by atoms with Crippen molar-refractivity contribution >= 4 is 48.4 Å². The molecule has 0 N–H and O–H groups in total. The first-order valence-corrected chi connectivity index (χ1v) is 16.1. The molecular formula is C38H36B2N6OPt. The number of benzene rings is 2. The third-order valence-corrected chi connectivity index (χ3v) is 9.11. The number of aromatic nitrogens is 2. The Balaban J connectivity index is 0.00000364. The van der Waals surface area contributed by atoms with Crippen LogP contribution in [0.4, 0.5) is 34.4 Å². The molecule has 0 spiro atoms. The van der Waals surface area contributed by atoms with Crippen molar-refractivity contribution in [3.8, 4) is 11.5 Å². The Morgan fingerprint density at radius 3 is 1.46 bits per heavy atom. The van der Waals surface area contributed by atoms with Crippen LogP contribution in [-0.2, 0) is 31.9 Å². The molecule has 4 aromatic rings. The number of hydrogen-bond donors (Lipinski definition) is 0. The fourth-order valence-corrected chi connectivity index (χ4v) is 6.57. The van der Waals surface area contributed by atoms with Crippen LogP contribution in [0.25, 0.3) is 0 Å². The Morgan fingerprint density at radius 1 is 0.604 bits per heavy atom. The maximum Gasteiger partial charge on any atom is 2.00 e. The summed E-state index contributed by atoms with van der Waals surface area (Å²) in [5, 5.41) is 0. The molecule has 4 aliphatic heterocycles. The first kappa shape index (κ1) is 32.1. The van der Waals surface area contributed by atoms with Gasteiger partial charge >= 0.3 is 35.0 Å². The van der Waals surface area contributed by atoms with Crippen LogP contribution in [-0.4, -0.2) is 23.9 Å². The van der Waals surface area contributed by atoms with Gasteiger partial charge in [-0.1, -0.05) is 88.4 Å². The monoisotopic (exact) mass is 809 g/mol. The number of rotatable bonds is 4. The molecule has 0 radical (unpaired) electrons. The molecule has 0 atom stereocenters. The summed E-state index contributed by atoms with van der Waals surface area (Å²) in [6, 6.07) is 23.9. The van der Waals surface area contributed by atoms with Crippen molar-refractivity contribution in [2.45, 2.75) is 52.4 Å². The fourth-order valence-electron chi connectivity index (χ4n) is 6.57. The minimum Gasteiger partial charge on any atom is -0.509 e. The summed E-state index contributed by atoms with van der Waals surface area (Å²) in [6.07, 6.45) is 16.3. The fraction of sp³-hybridized carbons (Fsp3) is 0.211. The molecule has 6 heterocycles. The standard InChI is InChI=1S/C38H36B2N6O.Pt/c1-37(2,3)27-15-19-41-35(23-27)45-33-25-29(11-13-31(33)43-21-9-7-17-39(43)45)47-30-12-14-32-34(26-30)46(40-18-8-10-22-44(32)40)36-24-28(16-20-42-36)38(4,5)6;/h7-24H,1-6H3;/q-2;+2. The van der Waals surface area contributed by atoms with Crippen LogP contribution in [0.5, 0.6) is 11.5 Å². The molecule has 0 unspecified atom stereocenters. The zero-order valence-electron chi connectivity index (χ0n) is 28.0. The third kappa shape index (κ3) is 5.48. The molecule has 8 rings (SSSR count). The summed E-state index contributed by atoms with van der Waals surface area (Å²) in [6.45, 7) is 13.3. The summed E-state index contributed by atoms with van der Waals surface area (Å²) in [5.41, 5.74) is 6.39. The normalized spacial score (nSPS) is 15.8. The van der Waals surface area contributed by atoms with E-state index < -0.39 is 0 Å². The second-order valence-corrected chi connectivity index (χ2v) is 14.4. The number of allylic oxidation sites excluding steroid dienone is 4. The Kier molecular flexibility index (Phi) is 7.95. The Bertz CT molecular complexity index is 1870. The largest absolute Gasteiger partial charge is 2.00 e. The topological polar surface area (TPSA) is 48.0 Å². The molecule has 0 fully saturated rings. The van der Waals surface area contributed by atoms with Crippen molar-refractivity contribution in [2.75, 3.05) is 19.2 Å². The molecule has 240 valence electrons. The predicted molar refractivity (Wildman–Crippen MR) is 194 cm³/mol. The zero-order chi connectivity index (χ0) is 32.5. The van der Waals surface area contributed by atoms with E-state index in [0.717, 1.165) is 34.4 Å². The van der Waals surface area contributed by atoms with Crippen molar-refractivity contribution in [3.63, 3.8) is 0 Å². The van der Waals surface area contributed by atoms with Gasteiger partial charge in [-0.25, -0.2) is 9.97 Å². The van der Waals surface area contributed by atoms with Crippen LogP contribution < -0.4 is 24.0 Å². The molecule has 0 saturated heterocycles. The van der Waals surface area contributed by atoms with Crippen molar-refractivity contribution in [1.82, 2.24) is 9.97 Å². The van der Waals surface area contributed by atoms with E-state index in [4.69, 9.17) is 14.7 Å². The molecule has 2 aromatic heterocycles. The average molecular weight is 809 g/mol. The minimum atomic E-state index is -0.0424.